The quantitative estimate of drug-likeness (QED) is 0.514. The van der Waals surface area contributed by atoms with Crippen molar-refractivity contribution in [2.24, 2.45) is 10.9 Å². The van der Waals surface area contributed by atoms with Crippen molar-refractivity contribution < 1.29 is 4.79 Å². The third-order valence-corrected chi connectivity index (χ3v) is 5.24. The van der Waals surface area contributed by atoms with Gasteiger partial charge in [0.2, 0.25) is 0 Å². The molecule has 0 aliphatic carbocycles. The average Bonchev–Trinajstić information content (AvgIpc) is 3.18. The molecular weight excluding hydrogens is 384 g/mol. The number of nitrogens with zero attached hydrogens (tertiary/aromatic N) is 3. The summed E-state index contributed by atoms with van der Waals surface area (Å²) >= 11 is 0. The molecule has 5 heteroatoms. The molecule has 1 aromatic heterocycles. The van der Waals surface area contributed by atoms with Crippen molar-refractivity contribution in [2.45, 2.75) is 47.1 Å². The summed E-state index contributed by atoms with van der Waals surface area (Å²) in [7, 11) is 3.99. The molecule has 0 radical (unpaired) electrons. The van der Waals surface area contributed by atoms with Crippen LogP contribution >= 0.6 is 0 Å². The van der Waals surface area contributed by atoms with Crippen molar-refractivity contribution in [2.75, 3.05) is 27.2 Å². The van der Waals surface area contributed by atoms with Crippen LogP contribution in [-0.2, 0) is 11.3 Å². The van der Waals surface area contributed by atoms with Gasteiger partial charge < -0.3 is 14.8 Å². The Morgan fingerprint density at radius 1 is 1.13 bits per heavy atom. The van der Waals surface area contributed by atoms with Crippen molar-refractivity contribution >= 4 is 12.0 Å². The summed E-state index contributed by atoms with van der Waals surface area (Å²) in [6, 6.07) is 15.3. The summed E-state index contributed by atoms with van der Waals surface area (Å²) in [5.74, 6) is 0.819. The fourth-order valence-electron chi connectivity index (χ4n) is 3.44. The predicted octanol–water partition coefficient (Wildman–Crippen LogP) is 5.17. The van der Waals surface area contributed by atoms with Crippen LogP contribution in [0.5, 0.6) is 0 Å². The molecule has 3 rings (SSSR count). The molecule has 1 fully saturated rings. The van der Waals surface area contributed by atoms with Gasteiger partial charge in [-0.15, -0.1) is 0 Å². The van der Waals surface area contributed by atoms with E-state index >= 15 is 0 Å². The molecule has 0 unspecified atom stereocenters. The molecule has 1 aliphatic rings. The molecule has 0 atom stereocenters. The van der Waals surface area contributed by atoms with Gasteiger partial charge in [0.05, 0.1) is 5.71 Å². The van der Waals surface area contributed by atoms with Gasteiger partial charge in [0.15, 0.2) is 6.29 Å². The number of likely N-dealkylation sites (tertiary alicyclic amines) is 1. The zero-order chi connectivity index (χ0) is 23.1. The maximum absolute atomic E-state index is 9.91. The number of hydrogen-bond acceptors (Lipinski definition) is 4. The van der Waals surface area contributed by atoms with Crippen LogP contribution in [0.3, 0.4) is 0 Å². The molecule has 5 nitrogen and oxygen atoms in total. The molecule has 0 spiro atoms. The van der Waals surface area contributed by atoms with E-state index in [9.17, 15) is 4.79 Å². The number of rotatable bonds is 6. The van der Waals surface area contributed by atoms with E-state index in [1.807, 2.05) is 13.8 Å². The summed E-state index contributed by atoms with van der Waals surface area (Å²) in [6.07, 6.45) is 6.53. The lowest BCUT2D eigenvalue weighted by atomic mass is 9.97. The monoisotopic (exact) mass is 424 g/mol. The van der Waals surface area contributed by atoms with Gasteiger partial charge in [0.25, 0.3) is 0 Å². The average molecular weight is 425 g/mol. The van der Waals surface area contributed by atoms with Crippen LogP contribution in [0.25, 0.3) is 11.3 Å². The SMILES string of the molecule is CC.CN/C=C\N=C(C)C=O.Cc1ccc(-c2ccccc2)n1CC1CCN(C)CC1. The van der Waals surface area contributed by atoms with E-state index in [-0.39, 0.29) is 0 Å². The molecule has 1 aromatic carbocycles. The zero-order valence-electron chi connectivity index (χ0n) is 20.1. The van der Waals surface area contributed by atoms with E-state index in [1.54, 1.807) is 20.2 Å². The van der Waals surface area contributed by atoms with Gasteiger partial charge in [-0.25, -0.2) is 0 Å². The molecular formula is C26H40N4O. The van der Waals surface area contributed by atoms with Crippen LogP contribution in [0.4, 0.5) is 0 Å². The van der Waals surface area contributed by atoms with Gasteiger partial charge in [0.1, 0.15) is 0 Å². The Balaban J connectivity index is 0.000000372. The number of piperidine rings is 1. The smallest absolute Gasteiger partial charge is 0.163 e. The largest absolute Gasteiger partial charge is 0.393 e. The number of aryl methyl sites for hydroxylation is 1. The number of nitrogens with one attached hydrogen (secondary N) is 1. The second-order valence-corrected chi connectivity index (χ2v) is 7.58. The third kappa shape index (κ3) is 9.35. The highest BCUT2D eigenvalue weighted by molar-refractivity contribution is 6.27. The second-order valence-electron chi connectivity index (χ2n) is 7.58. The maximum Gasteiger partial charge on any atom is 0.163 e. The highest BCUT2D eigenvalue weighted by Crippen LogP contribution is 2.26. The van der Waals surface area contributed by atoms with Gasteiger partial charge in [-0.1, -0.05) is 44.2 Å². The van der Waals surface area contributed by atoms with Crippen LogP contribution in [0.1, 0.15) is 39.3 Å². The first-order valence-corrected chi connectivity index (χ1v) is 11.3. The highest BCUT2D eigenvalue weighted by atomic mass is 16.1. The topological polar surface area (TPSA) is 49.6 Å². The van der Waals surface area contributed by atoms with Gasteiger partial charge >= 0.3 is 0 Å². The molecule has 0 saturated carbocycles. The number of hydrogen-bond donors (Lipinski definition) is 1. The number of benzene rings is 1. The number of aldehydes is 1. The Kier molecular flexibility index (Phi) is 12.9. The molecule has 1 N–H and O–H groups in total. The first-order valence-electron chi connectivity index (χ1n) is 11.3. The normalized spacial score (nSPS) is 15.0. The highest BCUT2D eigenvalue weighted by Gasteiger charge is 2.19. The minimum atomic E-state index is 0.474. The zero-order valence-corrected chi connectivity index (χ0v) is 20.1. The number of aliphatic imine (C=N–C) groups is 1. The fourth-order valence-corrected chi connectivity index (χ4v) is 3.44. The number of aromatic nitrogens is 1. The Hall–Kier alpha value is -2.66. The number of carbonyl (C=O) groups excluding carboxylic acids is 1. The number of carbonyl (C=O) groups is 1. The summed E-state index contributed by atoms with van der Waals surface area (Å²) in [6.45, 7) is 11.5. The van der Waals surface area contributed by atoms with Crippen molar-refractivity contribution in [1.82, 2.24) is 14.8 Å². The van der Waals surface area contributed by atoms with Crippen LogP contribution in [0, 0.1) is 12.8 Å². The summed E-state index contributed by atoms with van der Waals surface area (Å²) in [4.78, 5) is 16.1. The van der Waals surface area contributed by atoms with Crippen LogP contribution < -0.4 is 5.32 Å². The lowest BCUT2D eigenvalue weighted by molar-refractivity contribution is -0.102. The standard InChI is InChI=1S/C18H24N2.C6H10N2O.C2H6/c1-15-8-9-18(17-6-4-3-5-7-17)20(15)14-16-10-12-19(2)13-11-16;1-6(5-9)8-4-3-7-2;1-2/h3-9,16H,10-14H2,1-2H3;3-5,7H,1-2H3;1-2H3/b;4-3-,8-6?;. The summed E-state index contributed by atoms with van der Waals surface area (Å²) in [5.41, 5.74) is 4.54. The van der Waals surface area contributed by atoms with Crippen molar-refractivity contribution in [3.63, 3.8) is 0 Å². The van der Waals surface area contributed by atoms with E-state index in [0.29, 0.717) is 12.0 Å². The van der Waals surface area contributed by atoms with Crippen LogP contribution in [0.2, 0.25) is 0 Å². The van der Waals surface area contributed by atoms with Crippen molar-refractivity contribution in [3.05, 3.63) is 60.6 Å². The molecule has 1 aliphatic heterocycles. The van der Waals surface area contributed by atoms with E-state index < -0.39 is 0 Å². The Bertz CT molecular complexity index is 800. The molecule has 170 valence electrons. The van der Waals surface area contributed by atoms with Crippen molar-refractivity contribution in [3.8, 4) is 11.3 Å². The van der Waals surface area contributed by atoms with Gasteiger partial charge in [-0.05, 0) is 70.4 Å². The lowest BCUT2D eigenvalue weighted by Gasteiger charge is -2.30. The summed E-state index contributed by atoms with van der Waals surface area (Å²) < 4.78 is 2.51. The Labute approximate surface area is 188 Å². The van der Waals surface area contributed by atoms with Gasteiger partial charge in [-0.3, -0.25) is 9.79 Å². The molecule has 0 bridgehead atoms. The molecule has 0 amide bonds. The Morgan fingerprint density at radius 3 is 2.35 bits per heavy atom. The molecule has 2 aromatic rings. The fraction of sp³-hybridized carbons (Fsp3) is 0.462. The first-order chi connectivity index (χ1) is 15.0. The van der Waals surface area contributed by atoms with E-state index in [1.165, 1.54) is 49.1 Å². The lowest BCUT2D eigenvalue weighted by Crippen LogP contribution is -2.32. The van der Waals surface area contributed by atoms with Crippen molar-refractivity contribution in [1.29, 1.82) is 0 Å². The second kappa shape index (κ2) is 15.2. The van der Waals surface area contributed by atoms with E-state index in [2.05, 4.69) is 76.2 Å². The third-order valence-electron chi connectivity index (χ3n) is 5.24. The molecule has 31 heavy (non-hydrogen) atoms. The van der Waals surface area contributed by atoms with E-state index in [0.717, 1.165) is 12.5 Å². The van der Waals surface area contributed by atoms with Crippen LogP contribution in [0.15, 0.2) is 59.9 Å². The predicted molar refractivity (Wildman–Crippen MR) is 134 cm³/mol. The first kappa shape index (κ1) is 26.4. The molecule has 2 heterocycles. The minimum Gasteiger partial charge on any atom is -0.393 e. The minimum absolute atomic E-state index is 0.474. The van der Waals surface area contributed by atoms with Gasteiger partial charge in [-0.2, -0.15) is 0 Å². The Morgan fingerprint density at radius 2 is 1.77 bits per heavy atom. The van der Waals surface area contributed by atoms with E-state index in [4.69, 9.17) is 0 Å². The molecule has 1 saturated heterocycles. The maximum atomic E-state index is 9.91. The van der Waals surface area contributed by atoms with Crippen LogP contribution in [-0.4, -0.2) is 48.6 Å². The van der Waals surface area contributed by atoms with Gasteiger partial charge in [0, 0.05) is 37.4 Å². The summed E-state index contributed by atoms with van der Waals surface area (Å²) in [5, 5.41) is 2.74.